The standard InChI is InChI=1S/C20H26F3NO2/c1-2-7-19(26)10-8-18(9-11-19)12-13-24(17(18)25)16-5-3-15(4-6-16)14-20(21,22)23/h3-6,26H,2,7-14H2,1H3/t18-,19-. The van der Waals surface area contributed by atoms with Crippen LogP contribution in [-0.2, 0) is 11.2 Å². The average Bonchev–Trinajstić information content (AvgIpc) is 2.88. The van der Waals surface area contributed by atoms with Crippen molar-refractivity contribution in [2.24, 2.45) is 5.41 Å². The number of rotatable bonds is 4. The third kappa shape index (κ3) is 3.90. The van der Waals surface area contributed by atoms with Gasteiger partial charge in [-0.2, -0.15) is 13.2 Å². The Kier molecular flexibility index (Phi) is 5.08. The van der Waals surface area contributed by atoms with Crippen molar-refractivity contribution in [1.82, 2.24) is 0 Å². The molecular weight excluding hydrogens is 343 g/mol. The third-order valence-electron chi connectivity index (χ3n) is 6.02. The van der Waals surface area contributed by atoms with Crippen molar-refractivity contribution in [3.05, 3.63) is 29.8 Å². The van der Waals surface area contributed by atoms with E-state index in [2.05, 4.69) is 0 Å². The highest BCUT2D eigenvalue weighted by atomic mass is 19.4. The Morgan fingerprint density at radius 1 is 1.08 bits per heavy atom. The summed E-state index contributed by atoms with van der Waals surface area (Å²) in [5.74, 6) is 0.0552. The molecule has 0 atom stereocenters. The summed E-state index contributed by atoms with van der Waals surface area (Å²) in [6.07, 6.45) is -0.0900. The molecule has 26 heavy (non-hydrogen) atoms. The molecule has 1 aromatic rings. The average molecular weight is 369 g/mol. The Labute approximate surface area is 152 Å². The Morgan fingerprint density at radius 3 is 2.23 bits per heavy atom. The van der Waals surface area contributed by atoms with Gasteiger partial charge in [-0.25, -0.2) is 0 Å². The first-order chi connectivity index (χ1) is 12.2. The molecule has 2 aliphatic rings. The molecule has 0 aromatic heterocycles. The summed E-state index contributed by atoms with van der Waals surface area (Å²) >= 11 is 0. The number of benzene rings is 1. The van der Waals surface area contributed by atoms with Gasteiger partial charge in [0.2, 0.25) is 5.91 Å². The number of aliphatic hydroxyl groups is 1. The minimum atomic E-state index is -4.23. The van der Waals surface area contributed by atoms with Gasteiger partial charge in [0.1, 0.15) is 0 Å². The molecule has 2 fully saturated rings. The number of halogens is 3. The zero-order valence-corrected chi connectivity index (χ0v) is 15.1. The number of carbonyl (C=O) groups excluding carboxylic acids is 1. The molecule has 1 spiro atoms. The minimum Gasteiger partial charge on any atom is -0.390 e. The molecule has 1 N–H and O–H groups in total. The van der Waals surface area contributed by atoms with Gasteiger partial charge in [0.15, 0.2) is 0 Å². The fraction of sp³-hybridized carbons (Fsp3) is 0.650. The van der Waals surface area contributed by atoms with Crippen molar-refractivity contribution in [3.8, 4) is 0 Å². The smallest absolute Gasteiger partial charge is 0.390 e. The van der Waals surface area contributed by atoms with Gasteiger partial charge in [0.25, 0.3) is 0 Å². The summed E-state index contributed by atoms with van der Waals surface area (Å²) < 4.78 is 37.4. The quantitative estimate of drug-likeness (QED) is 0.841. The largest absolute Gasteiger partial charge is 0.393 e. The van der Waals surface area contributed by atoms with Gasteiger partial charge >= 0.3 is 6.18 Å². The van der Waals surface area contributed by atoms with E-state index in [1.54, 1.807) is 17.0 Å². The molecule has 1 aromatic carbocycles. The molecular formula is C20H26F3NO2. The van der Waals surface area contributed by atoms with Crippen LogP contribution < -0.4 is 4.90 Å². The van der Waals surface area contributed by atoms with Crippen molar-refractivity contribution < 1.29 is 23.1 Å². The minimum absolute atomic E-state index is 0.0552. The maximum absolute atomic E-state index is 13.0. The van der Waals surface area contributed by atoms with Crippen molar-refractivity contribution in [2.75, 3.05) is 11.4 Å². The van der Waals surface area contributed by atoms with E-state index in [0.717, 1.165) is 19.3 Å². The van der Waals surface area contributed by atoms with Crippen LogP contribution in [0.4, 0.5) is 18.9 Å². The van der Waals surface area contributed by atoms with Crippen LogP contribution in [0.15, 0.2) is 24.3 Å². The van der Waals surface area contributed by atoms with Gasteiger partial charge in [0, 0.05) is 12.2 Å². The molecule has 1 saturated carbocycles. The van der Waals surface area contributed by atoms with Crippen LogP contribution in [0.2, 0.25) is 0 Å². The summed E-state index contributed by atoms with van der Waals surface area (Å²) in [6, 6.07) is 6.10. The fourth-order valence-electron chi connectivity index (χ4n) is 4.47. The lowest BCUT2D eigenvalue weighted by molar-refractivity contribution is -0.131. The molecule has 0 unspecified atom stereocenters. The molecule has 0 bridgehead atoms. The predicted molar refractivity (Wildman–Crippen MR) is 93.9 cm³/mol. The van der Waals surface area contributed by atoms with Crippen LogP contribution in [-0.4, -0.2) is 29.3 Å². The summed E-state index contributed by atoms with van der Waals surface area (Å²) in [6.45, 7) is 2.64. The van der Waals surface area contributed by atoms with Gasteiger partial charge in [-0.15, -0.1) is 0 Å². The van der Waals surface area contributed by atoms with E-state index in [1.807, 2.05) is 6.92 Å². The zero-order chi connectivity index (χ0) is 19.0. The second-order valence-electron chi connectivity index (χ2n) is 7.92. The number of hydrogen-bond acceptors (Lipinski definition) is 2. The van der Waals surface area contributed by atoms with Gasteiger partial charge in [-0.05, 0) is 56.2 Å². The number of hydrogen-bond donors (Lipinski definition) is 1. The Bertz CT molecular complexity index is 646. The van der Waals surface area contributed by atoms with E-state index in [4.69, 9.17) is 0 Å². The van der Waals surface area contributed by atoms with Crippen molar-refractivity contribution in [1.29, 1.82) is 0 Å². The lowest BCUT2D eigenvalue weighted by atomic mass is 9.67. The monoisotopic (exact) mass is 369 g/mol. The van der Waals surface area contributed by atoms with Crippen LogP contribution in [0.1, 0.15) is 57.4 Å². The molecule has 1 saturated heterocycles. The van der Waals surface area contributed by atoms with Crippen LogP contribution in [0, 0.1) is 5.41 Å². The van der Waals surface area contributed by atoms with Crippen molar-refractivity contribution in [3.63, 3.8) is 0 Å². The lowest BCUT2D eigenvalue weighted by Gasteiger charge is -2.41. The molecule has 1 aliphatic heterocycles. The fourth-order valence-corrected chi connectivity index (χ4v) is 4.47. The summed E-state index contributed by atoms with van der Waals surface area (Å²) in [7, 11) is 0. The highest BCUT2D eigenvalue weighted by molar-refractivity contribution is 6.00. The summed E-state index contributed by atoms with van der Waals surface area (Å²) in [5, 5.41) is 10.6. The third-order valence-corrected chi connectivity index (χ3v) is 6.02. The topological polar surface area (TPSA) is 40.5 Å². The van der Waals surface area contributed by atoms with Crippen LogP contribution >= 0.6 is 0 Å². The second-order valence-corrected chi connectivity index (χ2v) is 7.92. The van der Waals surface area contributed by atoms with Gasteiger partial charge < -0.3 is 10.0 Å². The first-order valence-electron chi connectivity index (χ1n) is 9.37. The number of amides is 1. The predicted octanol–water partition coefficient (Wildman–Crippen LogP) is 4.62. The summed E-state index contributed by atoms with van der Waals surface area (Å²) in [5.41, 5.74) is -0.200. The number of nitrogens with zero attached hydrogens (tertiary/aromatic N) is 1. The van der Waals surface area contributed by atoms with E-state index >= 15 is 0 Å². The van der Waals surface area contributed by atoms with E-state index in [-0.39, 0.29) is 11.5 Å². The Hall–Kier alpha value is -1.56. The molecule has 1 aliphatic carbocycles. The molecule has 6 heteroatoms. The highest BCUT2D eigenvalue weighted by Crippen LogP contribution is 2.49. The van der Waals surface area contributed by atoms with Crippen LogP contribution in [0.3, 0.4) is 0 Å². The van der Waals surface area contributed by atoms with Gasteiger partial charge in [-0.3, -0.25) is 4.79 Å². The maximum atomic E-state index is 13.0. The highest BCUT2D eigenvalue weighted by Gasteiger charge is 2.51. The van der Waals surface area contributed by atoms with E-state index < -0.39 is 23.6 Å². The molecule has 3 nitrogen and oxygen atoms in total. The Balaban J connectivity index is 1.68. The van der Waals surface area contributed by atoms with Crippen molar-refractivity contribution in [2.45, 2.75) is 70.1 Å². The van der Waals surface area contributed by atoms with Crippen LogP contribution in [0.25, 0.3) is 0 Å². The lowest BCUT2D eigenvalue weighted by Crippen LogP contribution is -2.43. The van der Waals surface area contributed by atoms with Crippen LogP contribution in [0.5, 0.6) is 0 Å². The SMILES string of the molecule is CCC[C@]1(O)CC[C@@]2(CCN(c3ccc(CC(F)(F)F)cc3)C2=O)CC1. The Morgan fingerprint density at radius 2 is 1.69 bits per heavy atom. The molecule has 0 radical (unpaired) electrons. The zero-order valence-electron chi connectivity index (χ0n) is 15.1. The van der Waals surface area contributed by atoms with Gasteiger partial charge in [0.05, 0.1) is 17.4 Å². The number of carbonyl (C=O) groups is 1. The maximum Gasteiger partial charge on any atom is 0.393 e. The molecule has 1 amide bonds. The van der Waals surface area contributed by atoms with E-state index in [1.165, 1.54) is 12.1 Å². The normalized spacial score (nSPS) is 29.6. The first kappa shape index (κ1) is 19.2. The van der Waals surface area contributed by atoms with E-state index in [9.17, 15) is 23.1 Å². The van der Waals surface area contributed by atoms with Gasteiger partial charge in [-0.1, -0.05) is 25.5 Å². The molecule has 3 rings (SSSR count). The number of alkyl halides is 3. The molecule has 144 valence electrons. The number of anilines is 1. The molecule has 1 heterocycles. The summed E-state index contributed by atoms with van der Waals surface area (Å²) in [4.78, 5) is 14.7. The van der Waals surface area contributed by atoms with E-state index in [0.29, 0.717) is 37.9 Å². The second kappa shape index (κ2) is 6.87. The van der Waals surface area contributed by atoms with Crippen molar-refractivity contribution >= 4 is 11.6 Å². The first-order valence-corrected chi connectivity index (χ1v) is 9.37.